The van der Waals surface area contributed by atoms with Crippen molar-refractivity contribution in [2.75, 3.05) is 19.6 Å². The first-order valence-corrected chi connectivity index (χ1v) is 10.6. The highest BCUT2D eigenvalue weighted by atomic mass is 16.2. The summed E-state index contributed by atoms with van der Waals surface area (Å²) in [6.45, 7) is 2.27. The predicted molar refractivity (Wildman–Crippen MR) is 114 cm³/mol. The number of piperidine rings is 1. The fraction of sp³-hybridized carbons (Fsp3) is 0.455. The molecule has 3 aromatic heterocycles. The van der Waals surface area contributed by atoms with Gasteiger partial charge in [-0.1, -0.05) is 12.8 Å². The first-order valence-electron chi connectivity index (χ1n) is 10.6. The van der Waals surface area contributed by atoms with Crippen molar-refractivity contribution in [2.24, 2.45) is 13.0 Å². The number of nitrogens with one attached hydrogen (secondary N) is 2. The Hall–Kier alpha value is -3.16. The maximum atomic E-state index is 12.5. The molecule has 1 aliphatic heterocycles. The minimum Gasteiger partial charge on any atom is -0.351 e. The molecule has 0 radical (unpaired) electrons. The van der Waals surface area contributed by atoms with Crippen molar-refractivity contribution in [2.45, 2.75) is 32.1 Å². The van der Waals surface area contributed by atoms with Crippen molar-refractivity contribution < 1.29 is 9.59 Å². The number of fused-ring (bicyclic) bond motifs is 1. The fourth-order valence-electron chi connectivity index (χ4n) is 4.06. The number of carbonyl (C=O) groups is 2. The van der Waals surface area contributed by atoms with Gasteiger partial charge in [-0.25, -0.2) is 4.98 Å². The van der Waals surface area contributed by atoms with Gasteiger partial charge in [0.15, 0.2) is 0 Å². The Labute approximate surface area is 175 Å². The fourth-order valence-corrected chi connectivity index (χ4v) is 4.06. The van der Waals surface area contributed by atoms with Gasteiger partial charge >= 0.3 is 0 Å². The van der Waals surface area contributed by atoms with Gasteiger partial charge in [0.1, 0.15) is 11.4 Å². The Morgan fingerprint density at radius 3 is 2.83 bits per heavy atom. The van der Waals surface area contributed by atoms with Gasteiger partial charge in [-0.15, -0.1) is 0 Å². The van der Waals surface area contributed by atoms with E-state index in [9.17, 15) is 9.59 Å². The standard InChI is InChI=1S/C22H28N6O2/c1-27-14-20(25-15-27)22(30)28-10-6-16(7-11-28)4-2-3-8-24-21(29)19-12-17-13-23-9-5-18(17)26-19/h5,9,12-16,26H,2-4,6-8,10-11H2,1H3,(H,24,29). The van der Waals surface area contributed by atoms with Gasteiger partial charge in [-0.3, -0.25) is 14.6 Å². The number of carbonyl (C=O) groups excluding carboxylic acids is 2. The van der Waals surface area contributed by atoms with Gasteiger partial charge in [0.25, 0.3) is 11.8 Å². The first-order chi connectivity index (χ1) is 14.6. The zero-order chi connectivity index (χ0) is 20.9. The zero-order valence-corrected chi connectivity index (χ0v) is 17.3. The number of H-pyrrole nitrogens is 1. The molecule has 0 unspecified atom stereocenters. The van der Waals surface area contributed by atoms with Crippen LogP contribution in [0.3, 0.4) is 0 Å². The monoisotopic (exact) mass is 408 g/mol. The van der Waals surface area contributed by atoms with Crippen LogP contribution >= 0.6 is 0 Å². The number of imidazole rings is 1. The Balaban J connectivity index is 1.13. The highest BCUT2D eigenvalue weighted by molar-refractivity contribution is 5.97. The molecule has 0 spiro atoms. The summed E-state index contributed by atoms with van der Waals surface area (Å²) in [6, 6.07) is 3.69. The molecule has 4 heterocycles. The number of aromatic nitrogens is 4. The normalized spacial score (nSPS) is 14.9. The van der Waals surface area contributed by atoms with Crippen molar-refractivity contribution in [1.82, 2.24) is 29.7 Å². The van der Waals surface area contributed by atoms with Crippen LogP contribution in [-0.4, -0.2) is 55.9 Å². The molecule has 8 heteroatoms. The number of rotatable bonds is 7. The number of aryl methyl sites for hydroxylation is 1. The Kier molecular flexibility index (Phi) is 6.11. The summed E-state index contributed by atoms with van der Waals surface area (Å²) < 4.78 is 1.80. The van der Waals surface area contributed by atoms with E-state index in [-0.39, 0.29) is 11.8 Å². The average Bonchev–Trinajstić information content (AvgIpc) is 3.39. The molecule has 0 atom stereocenters. The summed E-state index contributed by atoms with van der Waals surface area (Å²) in [7, 11) is 1.87. The quantitative estimate of drug-likeness (QED) is 0.588. The number of hydrogen-bond donors (Lipinski definition) is 2. The summed E-state index contributed by atoms with van der Waals surface area (Å²) in [6.07, 6.45) is 12.1. The SMILES string of the molecule is Cn1cnc(C(=O)N2CCC(CCCCNC(=O)c3cc4cnccc4[nH]3)CC2)c1. The minimum atomic E-state index is -0.0763. The second kappa shape index (κ2) is 9.11. The molecule has 3 aromatic rings. The van der Waals surface area contributed by atoms with Crippen molar-refractivity contribution in [1.29, 1.82) is 0 Å². The minimum absolute atomic E-state index is 0.0320. The van der Waals surface area contributed by atoms with Crippen LogP contribution in [0.4, 0.5) is 0 Å². The molecule has 1 saturated heterocycles. The molecule has 1 fully saturated rings. The summed E-state index contributed by atoms with van der Waals surface area (Å²) in [4.78, 5) is 38.0. The van der Waals surface area contributed by atoms with Crippen molar-refractivity contribution in [3.8, 4) is 0 Å². The van der Waals surface area contributed by atoms with Crippen molar-refractivity contribution in [3.63, 3.8) is 0 Å². The molecule has 0 saturated carbocycles. The average molecular weight is 409 g/mol. The topological polar surface area (TPSA) is 95.9 Å². The molecule has 158 valence electrons. The van der Waals surface area contributed by atoms with Crippen molar-refractivity contribution >= 4 is 22.7 Å². The maximum Gasteiger partial charge on any atom is 0.274 e. The molecule has 0 bridgehead atoms. The lowest BCUT2D eigenvalue weighted by Crippen LogP contribution is -2.38. The zero-order valence-electron chi connectivity index (χ0n) is 17.3. The van der Waals surface area contributed by atoms with E-state index in [1.807, 2.05) is 24.1 Å². The number of amides is 2. The molecule has 2 N–H and O–H groups in total. The van der Waals surface area contributed by atoms with Crippen LogP contribution in [0, 0.1) is 5.92 Å². The molecular weight excluding hydrogens is 380 g/mol. The number of nitrogens with zero attached hydrogens (tertiary/aromatic N) is 4. The van der Waals surface area contributed by atoms with E-state index in [2.05, 4.69) is 20.3 Å². The van der Waals surface area contributed by atoms with E-state index in [1.165, 1.54) is 0 Å². The van der Waals surface area contributed by atoms with E-state index in [1.54, 1.807) is 29.5 Å². The third kappa shape index (κ3) is 4.69. The lowest BCUT2D eigenvalue weighted by Gasteiger charge is -2.31. The molecule has 0 aromatic carbocycles. The van der Waals surface area contributed by atoms with Crippen LogP contribution < -0.4 is 5.32 Å². The van der Waals surface area contributed by atoms with E-state index in [0.29, 0.717) is 23.9 Å². The second-order valence-electron chi connectivity index (χ2n) is 8.06. The van der Waals surface area contributed by atoms with E-state index in [4.69, 9.17) is 0 Å². The smallest absolute Gasteiger partial charge is 0.274 e. The van der Waals surface area contributed by atoms with E-state index >= 15 is 0 Å². The van der Waals surface area contributed by atoms with Crippen LogP contribution in [0.5, 0.6) is 0 Å². The highest BCUT2D eigenvalue weighted by Gasteiger charge is 2.24. The summed E-state index contributed by atoms with van der Waals surface area (Å²) >= 11 is 0. The third-order valence-electron chi connectivity index (χ3n) is 5.82. The van der Waals surface area contributed by atoms with Gasteiger partial charge in [-0.05, 0) is 37.3 Å². The van der Waals surface area contributed by atoms with E-state index < -0.39 is 0 Å². The number of hydrogen-bond acceptors (Lipinski definition) is 4. The van der Waals surface area contributed by atoms with Crippen LogP contribution in [0.15, 0.2) is 37.1 Å². The summed E-state index contributed by atoms with van der Waals surface area (Å²) in [5.74, 6) is 0.603. The molecular formula is C22H28N6O2. The summed E-state index contributed by atoms with van der Waals surface area (Å²) in [5.41, 5.74) is 2.02. The number of unbranched alkanes of at least 4 members (excludes halogenated alkanes) is 1. The maximum absolute atomic E-state index is 12.5. The van der Waals surface area contributed by atoms with Crippen LogP contribution in [0.2, 0.25) is 0 Å². The molecule has 4 rings (SSSR count). The number of aromatic amines is 1. The number of pyridine rings is 1. The molecule has 1 aliphatic rings. The van der Waals surface area contributed by atoms with Crippen molar-refractivity contribution in [3.05, 3.63) is 48.4 Å². The summed E-state index contributed by atoms with van der Waals surface area (Å²) in [5, 5.41) is 3.93. The van der Waals surface area contributed by atoms with Gasteiger partial charge in [0.2, 0.25) is 0 Å². The van der Waals surface area contributed by atoms with Crippen LogP contribution in [0.25, 0.3) is 10.9 Å². The highest BCUT2D eigenvalue weighted by Crippen LogP contribution is 2.23. The third-order valence-corrected chi connectivity index (χ3v) is 5.82. The Morgan fingerprint density at radius 1 is 1.27 bits per heavy atom. The van der Waals surface area contributed by atoms with Gasteiger partial charge in [-0.2, -0.15) is 0 Å². The Morgan fingerprint density at radius 2 is 2.10 bits per heavy atom. The van der Waals surface area contributed by atoms with Gasteiger partial charge < -0.3 is 19.8 Å². The Bertz CT molecular complexity index is 982. The van der Waals surface area contributed by atoms with Crippen LogP contribution in [-0.2, 0) is 7.05 Å². The predicted octanol–water partition coefficient (Wildman–Crippen LogP) is 2.75. The number of likely N-dealkylation sites (tertiary alicyclic amines) is 1. The van der Waals surface area contributed by atoms with E-state index in [0.717, 1.165) is 56.1 Å². The second-order valence-corrected chi connectivity index (χ2v) is 8.06. The molecule has 8 nitrogen and oxygen atoms in total. The first kappa shape index (κ1) is 20.1. The van der Waals surface area contributed by atoms with Crippen LogP contribution in [0.1, 0.15) is 53.1 Å². The molecule has 30 heavy (non-hydrogen) atoms. The lowest BCUT2D eigenvalue weighted by molar-refractivity contribution is 0.0680. The largest absolute Gasteiger partial charge is 0.351 e. The molecule has 2 amide bonds. The van der Waals surface area contributed by atoms with Gasteiger partial charge in [0, 0.05) is 56.2 Å². The molecule has 0 aliphatic carbocycles. The van der Waals surface area contributed by atoms with Gasteiger partial charge in [0.05, 0.1) is 6.33 Å². The lowest BCUT2D eigenvalue weighted by atomic mass is 9.91.